The number of hydrogen-bond donors (Lipinski definition) is 2. The molecule has 0 aliphatic carbocycles. The van der Waals surface area contributed by atoms with Crippen LogP contribution in [0, 0.1) is 47.4 Å². The Bertz CT molecular complexity index is 1410. The van der Waals surface area contributed by atoms with Crippen molar-refractivity contribution in [2.24, 2.45) is 0 Å². The fraction of sp³-hybridized carbons (Fsp3) is 0.412. The number of carboxylic acid groups (broad SMARTS) is 2. The summed E-state index contributed by atoms with van der Waals surface area (Å²) in [6.07, 6.45) is 4.16. The van der Waals surface area contributed by atoms with E-state index in [2.05, 4.69) is 19.9 Å². The molecule has 3 aromatic carbocycles. The largest absolute Gasteiger partial charge is 0.496 e. The minimum absolute atomic E-state index is 0.0208. The van der Waals surface area contributed by atoms with E-state index in [9.17, 15) is 14.0 Å². The summed E-state index contributed by atoms with van der Waals surface area (Å²) in [4.78, 5) is 22.3. The maximum Gasteiger partial charge on any atom is 0.339 e. The molecule has 3 rings (SSSR count). The molecule has 0 radical (unpaired) electrons. The molecule has 3 aromatic rings. The zero-order chi connectivity index (χ0) is 32.3. The van der Waals surface area contributed by atoms with Gasteiger partial charge in [0.2, 0.25) is 0 Å². The summed E-state index contributed by atoms with van der Waals surface area (Å²) in [6, 6.07) is 8.19. The second kappa shape index (κ2) is 16.4. The molecule has 2 N–H and O–H groups in total. The molecule has 0 bridgehead atoms. The summed E-state index contributed by atoms with van der Waals surface area (Å²) in [5.41, 5.74) is 4.74. The van der Waals surface area contributed by atoms with E-state index in [0.717, 1.165) is 42.7 Å². The van der Waals surface area contributed by atoms with E-state index in [1.54, 1.807) is 40.0 Å². The number of ether oxygens (including phenoxy) is 4. The van der Waals surface area contributed by atoms with Crippen LogP contribution in [0.3, 0.4) is 0 Å². The van der Waals surface area contributed by atoms with E-state index in [4.69, 9.17) is 29.2 Å². The third-order valence-corrected chi connectivity index (χ3v) is 7.46. The first-order valence-electron chi connectivity index (χ1n) is 14.2. The molecular weight excluding hydrogens is 555 g/mol. The Hall–Kier alpha value is -4.27. The van der Waals surface area contributed by atoms with Crippen LogP contribution in [0.25, 0.3) is 0 Å². The number of halogens is 1. The van der Waals surface area contributed by atoms with Gasteiger partial charge in [-0.1, -0.05) is 0 Å². The van der Waals surface area contributed by atoms with Crippen molar-refractivity contribution in [3.63, 3.8) is 0 Å². The predicted molar refractivity (Wildman–Crippen MR) is 164 cm³/mol. The minimum atomic E-state index is -1.12. The lowest BCUT2D eigenvalue weighted by Gasteiger charge is -2.17. The maximum atomic E-state index is 12.8. The van der Waals surface area contributed by atoms with Crippen molar-refractivity contribution >= 4 is 11.9 Å². The predicted octanol–water partition coefficient (Wildman–Crippen LogP) is 7.79. The summed E-state index contributed by atoms with van der Waals surface area (Å²) in [5, 5.41) is 18.2. The fourth-order valence-corrected chi connectivity index (χ4v) is 4.83. The summed E-state index contributed by atoms with van der Waals surface area (Å²) >= 11 is 0. The van der Waals surface area contributed by atoms with Gasteiger partial charge in [-0.05, 0) is 120 Å². The van der Waals surface area contributed by atoms with Gasteiger partial charge in [-0.15, -0.1) is 0 Å². The fourth-order valence-electron chi connectivity index (χ4n) is 4.83. The number of methoxy groups -OCH3 is 2. The third kappa shape index (κ3) is 9.11. The van der Waals surface area contributed by atoms with Crippen LogP contribution >= 0.6 is 0 Å². The van der Waals surface area contributed by atoms with Crippen molar-refractivity contribution in [3.8, 4) is 23.0 Å². The van der Waals surface area contributed by atoms with E-state index < -0.39 is 11.9 Å². The quantitative estimate of drug-likeness (QED) is 0.192. The summed E-state index contributed by atoms with van der Waals surface area (Å²) in [5.74, 6) is 0.199. The number of carbonyl (C=O) groups is 2. The van der Waals surface area contributed by atoms with Gasteiger partial charge in [-0.3, -0.25) is 0 Å². The highest BCUT2D eigenvalue weighted by molar-refractivity contribution is 5.99. The topological polar surface area (TPSA) is 112 Å². The highest BCUT2D eigenvalue weighted by Gasteiger charge is 2.25. The molecule has 9 heteroatoms. The van der Waals surface area contributed by atoms with Gasteiger partial charge in [0, 0.05) is 11.1 Å². The van der Waals surface area contributed by atoms with Crippen LogP contribution in [0.4, 0.5) is 4.39 Å². The minimum Gasteiger partial charge on any atom is -0.496 e. The zero-order valence-electron chi connectivity index (χ0n) is 26.4. The zero-order valence-corrected chi connectivity index (χ0v) is 26.4. The van der Waals surface area contributed by atoms with Crippen molar-refractivity contribution < 1.29 is 43.1 Å². The van der Waals surface area contributed by atoms with Crippen LogP contribution in [0.1, 0.15) is 79.8 Å². The molecule has 0 amide bonds. The van der Waals surface area contributed by atoms with E-state index in [1.165, 1.54) is 30.4 Å². The van der Waals surface area contributed by atoms with Gasteiger partial charge in [0.05, 0.1) is 33.0 Å². The molecule has 0 saturated heterocycles. The maximum absolute atomic E-state index is 12.8. The van der Waals surface area contributed by atoms with Crippen molar-refractivity contribution in [2.45, 2.75) is 67.2 Å². The highest BCUT2D eigenvalue weighted by atomic mass is 19.1. The first-order valence-corrected chi connectivity index (χ1v) is 14.2. The van der Waals surface area contributed by atoms with Crippen molar-refractivity contribution in [3.05, 3.63) is 80.7 Å². The number of carboxylic acids is 2. The van der Waals surface area contributed by atoms with Gasteiger partial charge in [0.15, 0.2) is 0 Å². The van der Waals surface area contributed by atoms with E-state index in [0.29, 0.717) is 35.7 Å². The molecule has 0 atom stereocenters. The Morgan fingerprint density at radius 1 is 0.651 bits per heavy atom. The second-order valence-corrected chi connectivity index (χ2v) is 10.3. The average Bonchev–Trinajstić information content (AvgIpc) is 2.96. The summed E-state index contributed by atoms with van der Waals surface area (Å²) < 4.78 is 34.9. The molecule has 43 heavy (non-hydrogen) atoms. The van der Waals surface area contributed by atoms with Crippen molar-refractivity contribution in [1.82, 2.24) is 0 Å². The SMILES string of the molecule is COc1c(C)c(C(=O)O)c(C)c(C)c1C(=O)O.COc1cc(C)c(C)c(OCCCCCCOc2ccc(F)cc2)c1C. The van der Waals surface area contributed by atoms with Gasteiger partial charge >= 0.3 is 11.9 Å². The first kappa shape index (κ1) is 34.9. The molecule has 234 valence electrons. The Balaban J connectivity index is 0.000000329. The molecule has 0 aromatic heterocycles. The molecule has 8 nitrogen and oxygen atoms in total. The van der Waals surface area contributed by atoms with Gasteiger partial charge in [0.25, 0.3) is 0 Å². The third-order valence-electron chi connectivity index (χ3n) is 7.46. The van der Waals surface area contributed by atoms with Crippen LogP contribution in [-0.2, 0) is 0 Å². The molecule has 0 unspecified atom stereocenters. The normalized spacial score (nSPS) is 10.4. The molecular formula is C34H43FO8. The van der Waals surface area contributed by atoms with Crippen molar-refractivity contribution in [2.75, 3.05) is 27.4 Å². The Morgan fingerprint density at radius 3 is 1.70 bits per heavy atom. The van der Waals surface area contributed by atoms with Crippen LogP contribution < -0.4 is 18.9 Å². The molecule has 0 fully saturated rings. The lowest BCUT2D eigenvalue weighted by molar-refractivity contribution is 0.0675. The number of aromatic carboxylic acids is 2. The van der Waals surface area contributed by atoms with E-state index in [-0.39, 0.29) is 22.7 Å². The molecule has 0 saturated carbocycles. The van der Waals surface area contributed by atoms with Gasteiger partial charge in [-0.25, -0.2) is 14.0 Å². The number of aryl methyl sites for hydroxylation is 1. The van der Waals surface area contributed by atoms with Crippen LogP contribution in [0.2, 0.25) is 0 Å². The molecule has 0 heterocycles. The number of hydrogen-bond acceptors (Lipinski definition) is 6. The van der Waals surface area contributed by atoms with Crippen molar-refractivity contribution in [1.29, 1.82) is 0 Å². The lowest BCUT2D eigenvalue weighted by Crippen LogP contribution is -2.12. The van der Waals surface area contributed by atoms with E-state index >= 15 is 0 Å². The monoisotopic (exact) mass is 598 g/mol. The molecule has 0 aliphatic heterocycles. The summed E-state index contributed by atoms with van der Waals surface area (Å²) in [6.45, 7) is 12.3. The van der Waals surface area contributed by atoms with Gasteiger partial charge < -0.3 is 29.2 Å². The second-order valence-electron chi connectivity index (χ2n) is 10.3. The smallest absolute Gasteiger partial charge is 0.339 e. The Labute approximate surface area is 253 Å². The number of rotatable bonds is 13. The Kier molecular flexibility index (Phi) is 13.3. The number of benzene rings is 3. The lowest BCUT2D eigenvalue weighted by atomic mass is 9.92. The average molecular weight is 599 g/mol. The van der Waals surface area contributed by atoms with Gasteiger partial charge in [0.1, 0.15) is 34.4 Å². The van der Waals surface area contributed by atoms with Crippen LogP contribution in [-0.4, -0.2) is 49.6 Å². The molecule has 0 aliphatic rings. The Morgan fingerprint density at radius 2 is 1.19 bits per heavy atom. The highest BCUT2D eigenvalue weighted by Crippen LogP contribution is 2.34. The molecule has 0 spiro atoms. The van der Waals surface area contributed by atoms with Crippen LogP contribution in [0.5, 0.6) is 23.0 Å². The standard InChI is InChI=1S/C22H29FO3.C12H14O5/c1-16-15-21(24-4)18(3)22(17(16)2)26-14-8-6-5-7-13-25-20-11-9-19(23)10-12-20;1-5-6(2)9(12(15)16)10(17-4)7(3)8(5)11(13)14/h9-12,15H,5-8,13-14H2,1-4H3;1-4H3,(H,13,14)(H,15,16). The number of unbranched alkanes of at least 4 members (excludes halogenated alkanes) is 3. The van der Waals surface area contributed by atoms with Crippen LogP contribution in [0.15, 0.2) is 30.3 Å². The first-order chi connectivity index (χ1) is 20.3. The van der Waals surface area contributed by atoms with Gasteiger partial charge in [-0.2, -0.15) is 0 Å². The summed E-state index contributed by atoms with van der Waals surface area (Å²) in [7, 11) is 3.02. The van der Waals surface area contributed by atoms with E-state index in [1.807, 2.05) is 6.92 Å².